The Morgan fingerprint density at radius 1 is 0.963 bits per heavy atom. The number of fused-ring (bicyclic) bond motifs is 1. The van der Waals surface area contributed by atoms with Crippen LogP contribution >= 0.6 is 0 Å². The molecular formula is C19H25N5O2S. The first kappa shape index (κ1) is 18.3. The molecule has 4 rings (SSSR count). The molecule has 0 N–H and O–H groups in total. The van der Waals surface area contributed by atoms with Gasteiger partial charge in [0.15, 0.2) is 5.82 Å². The fraction of sp³-hybridized carbons (Fsp3) is 0.474. The molecule has 144 valence electrons. The van der Waals surface area contributed by atoms with E-state index in [2.05, 4.69) is 16.8 Å². The van der Waals surface area contributed by atoms with E-state index in [-0.39, 0.29) is 0 Å². The molecule has 0 saturated carbocycles. The van der Waals surface area contributed by atoms with Gasteiger partial charge in [-0.25, -0.2) is 18.4 Å². The molecule has 0 radical (unpaired) electrons. The first-order chi connectivity index (χ1) is 12.9. The van der Waals surface area contributed by atoms with Crippen LogP contribution in [0.2, 0.25) is 0 Å². The molecule has 0 unspecified atom stereocenters. The molecule has 7 nitrogen and oxygen atoms in total. The number of hydrogen-bond donors (Lipinski definition) is 0. The zero-order valence-electron chi connectivity index (χ0n) is 15.8. The van der Waals surface area contributed by atoms with E-state index >= 15 is 0 Å². The molecule has 1 aromatic carbocycles. The lowest BCUT2D eigenvalue weighted by molar-refractivity contribution is 0.311. The second kappa shape index (κ2) is 7.18. The maximum absolute atomic E-state index is 12.1. The third kappa shape index (κ3) is 3.83. The van der Waals surface area contributed by atoms with E-state index in [1.807, 2.05) is 30.3 Å². The van der Waals surface area contributed by atoms with Gasteiger partial charge in [-0.3, -0.25) is 0 Å². The predicted octanol–water partition coefficient (Wildman–Crippen LogP) is 1.21. The number of sulfonamides is 1. The van der Waals surface area contributed by atoms with E-state index in [4.69, 9.17) is 9.97 Å². The van der Waals surface area contributed by atoms with Crippen molar-refractivity contribution in [2.45, 2.75) is 13.0 Å². The number of benzene rings is 1. The van der Waals surface area contributed by atoms with Crippen molar-refractivity contribution < 1.29 is 8.42 Å². The molecule has 1 saturated heterocycles. The van der Waals surface area contributed by atoms with Crippen LogP contribution in [0.5, 0.6) is 0 Å². The largest absolute Gasteiger partial charge is 0.354 e. The Kier molecular flexibility index (Phi) is 4.88. The van der Waals surface area contributed by atoms with Crippen molar-refractivity contribution in [2.24, 2.45) is 0 Å². The van der Waals surface area contributed by atoms with Gasteiger partial charge in [-0.1, -0.05) is 30.3 Å². The van der Waals surface area contributed by atoms with Crippen LogP contribution in [0, 0.1) is 0 Å². The lowest BCUT2D eigenvalue weighted by Crippen LogP contribution is -2.46. The summed E-state index contributed by atoms with van der Waals surface area (Å²) in [7, 11) is -1.12. The topological polar surface area (TPSA) is 69.6 Å². The second-order valence-electron chi connectivity index (χ2n) is 7.30. The Bertz CT molecular complexity index is 925. The molecule has 2 aliphatic heterocycles. The lowest BCUT2D eigenvalue weighted by Gasteiger charge is -2.36. The second-order valence-corrected chi connectivity index (χ2v) is 9.28. The summed E-state index contributed by atoms with van der Waals surface area (Å²) >= 11 is 0. The van der Waals surface area contributed by atoms with Crippen LogP contribution in [0.1, 0.15) is 11.3 Å². The number of hydrogen-bond acceptors (Lipinski definition) is 6. The molecular weight excluding hydrogens is 362 g/mol. The van der Waals surface area contributed by atoms with Gasteiger partial charge >= 0.3 is 0 Å². The minimum Gasteiger partial charge on any atom is -0.354 e. The molecule has 27 heavy (non-hydrogen) atoms. The third-order valence-corrected chi connectivity index (χ3v) is 6.56. The van der Waals surface area contributed by atoms with Gasteiger partial charge in [0.2, 0.25) is 10.0 Å². The van der Waals surface area contributed by atoms with E-state index < -0.39 is 10.0 Å². The summed E-state index contributed by atoms with van der Waals surface area (Å²) in [5.74, 6) is 1.61. The average molecular weight is 388 g/mol. The van der Waals surface area contributed by atoms with Crippen molar-refractivity contribution in [1.82, 2.24) is 19.2 Å². The summed E-state index contributed by atoms with van der Waals surface area (Å²) < 4.78 is 25.7. The zero-order valence-corrected chi connectivity index (χ0v) is 16.6. The highest BCUT2D eigenvalue weighted by Gasteiger charge is 2.30. The number of aromatic nitrogens is 2. The Morgan fingerprint density at radius 3 is 2.33 bits per heavy atom. The first-order valence-corrected chi connectivity index (χ1v) is 11.1. The number of rotatable bonds is 3. The van der Waals surface area contributed by atoms with Crippen LogP contribution < -0.4 is 4.90 Å². The Hall–Kier alpha value is -2.03. The van der Waals surface area contributed by atoms with Gasteiger partial charge in [0.25, 0.3) is 0 Å². The van der Waals surface area contributed by atoms with Crippen LogP contribution in [-0.4, -0.2) is 73.6 Å². The number of anilines is 1. The smallest absolute Gasteiger partial charge is 0.211 e. The summed E-state index contributed by atoms with van der Waals surface area (Å²) in [6, 6.07) is 9.98. The molecule has 1 aromatic heterocycles. The summed E-state index contributed by atoms with van der Waals surface area (Å²) in [5.41, 5.74) is 2.91. The fourth-order valence-electron chi connectivity index (χ4n) is 3.65. The summed E-state index contributed by atoms with van der Waals surface area (Å²) in [6.07, 6.45) is 1.89. The molecule has 0 amide bonds. The fourth-order valence-corrected chi connectivity index (χ4v) is 4.44. The SMILES string of the molecule is CN1CCN(c2nc(-c3ccccc3)nc3c2CN(S(C)(=O)=O)CC3)CC1. The minimum absolute atomic E-state index is 0.352. The van der Waals surface area contributed by atoms with Crippen molar-refractivity contribution >= 4 is 15.8 Å². The van der Waals surface area contributed by atoms with Gasteiger partial charge in [-0.05, 0) is 7.05 Å². The molecule has 8 heteroatoms. The Labute approximate surface area is 160 Å². The van der Waals surface area contributed by atoms with Gasteiger partial charge in [0, 0.05) is 56.8 Å². The molecule has 2 aromatic rings. The third-order valence-electron chi connectivity index (χ3n) is 5.31. The quantitative estimate of drug-likeness (QED) is 0.789. The maximum Gasteiger partial charge on any atom is 0.211 e. The Morgan fingerprint density at radius 2 is 1.67 bits per heavy atom. The van der Waals surface area contributed by atoms with Gasteiger partial charge in [0.05, 0.1) is 11.9 Å². The Balaban J connectivity index is 1.78. The van der Waals surface area contributed by atoms with Crippen LogP contribution in [0.3, 0.4) is 0 Å². The van der Waals surface area contributed by atoms with Crippen molar-refractivity contribution in [1.29, 1.82) is 0 Å². The van der Waals surface area contributed by atoms with Crippen LogP contribution in [-0.2, 0) is 23.0 Å². The van der Waals surface area contributed by atoms with E-state index in [1.165, 1.54) is 10.6 Å². The monoisotopic (exact) mass is 387 g/mol. The van der Waals surface area contributed by atoms with E-state index in [0.29, 0.717) is 19.5 Å². The standard InChI is InChI=1S/C19H25N5O2S/c1-22-10-12-23(13-11-22)19-16-14-24(27(2,25)26)9-8-17(16)20-18(21-19)15-6-4-3-5-7-15/h3-7H,8-14H2,1-2H3. The average Bonchev–Trinajstić information content (AvgIpc) is 2.67. The van der Waals surface area contributed by atoms with Crippen molar-refractivity contribution in [3.63, 3.8) is 0 Å². The molecule has 2 aliphatic rings. The molecule has 0 bridgehead atoms. The van der Waals surface area contributed by atoms with Crippen molar-refractivity contribution in [3.8, 4) is 11.4 Å². The highest BCUT2D eigenvalue weighted by Crippen LogP contribution is 2.31. The van der Waals surface area contributed by atoms with Crippen LogP contribution in [0.15, 0.2) is 30.3 Å². The van der Waals surface area contributed by atoms with Crippen LogP contribution in [0.25, 0.3) is 11.4 Å². The van der Waals surface area contributed by atoms with Crippen molar-refractivity contribution in [2.75, 3.05) is 50.9 Å². The highest BCUT2D eigenvalue weighted by atomic mass is 32.2. The maximum atomic E-state index is 12.1. The van der Waals surface area contributed by atoms with Gasteiger partial charge in [0.1, 0.15) is 5.82 Å². The molecule has 0 aliphatic carbocycles. The number of likely N-dealkylation sites (N-methyl/N-ethyl adjacent to an activating group) is 1. The molecule has 0 spiro atoms. The highest BCUT2D eigenvalue weighted by molar-refractivity contribution is 7.88. The molecule has 0 atom stereocenters. The zero-order chi connectivity index (χ0) is 19.0. The lowest BCUT2D eigenvalue weighted by atomic mass is 10.1. The van der Waals surface area contributed by atoms with E-state index in [0.717, 1.165) is 54.6 Å². The predicted molar refractivity (Wildman–Crippen MR) is 106 cm³/mol. The summed E-state index contributed by atoms with van der Waals surface area (Å²) in [6.45, 7) is 4.52. The van der Waals surface area contributed by atoms with E-state index in [9.17, 15) is 8.42 Å². The van der Waals surface area contributed by atoms with Gasteiger partial charge in [-0.2, -0.15) is 4.31 Å². The number of piperazine rings is 1. The normalized spacial score (nSPS) is 19.1. The minimum atomic E-state index is -3.24. The number of nitrogens with zero attached hydrogens (tertiary/aromatic N) is 5. The first-order valence-electron chi connectivity index (χ1n) is 9.25. The molecule has 3 heterocycles. The van der Waals surface area contributed by atoms with Gasteiger partial charge in [-0.15, -0.1) is 0 Å². The van der Waals surface area contributed by atoms with Gasteiger partial charge < -0.3 is 9.80 Å². The van der Waals surface area contributed by atoms with Crippen molar-refractivity contribution in [3.05, 3.63) is 41.6 Å². The summed E-state index contributed by atoms with van der Waals surface area (Å²) in [5, 5.41) is 0. The summed E-state index contributed by atoms with van der Waals surface area (Å²) in [4.78, 5) is 14.3. The van der Waals surface area contributed by atoms with Crippen LogP contribution in [0.4, 0.5) is 5.82 Å². The van der Waals surface area contributed by atoms with E-state index in [1.54, 1.807) is 0 Å². The molecule has 1 fully saturated rings.